The molecule has 0 aliphatic heterocycles. The summed E-state index contributed by atoms with van der Waals surface area (Å²) in [6.07, 6.45) is 0. The minimum absolute atomic E-state index is 0.0790. The Morgan fingerprint density at radius 2 is 1.44 bits per heavy atom. The Bertz CT molecular complexity index is 992. The largest absolute Gasteiger partial charge is 0.480 e. The number of aliphatic carboxylic acids is 1. The topological polar surface area (TPSA) is 138 Å². The smallest absolute Gasteiger partial charge is 0.335 e. The zero-order valence-electron chi connectivity index (χ0n) is 13.8. The number of carbonyl (C=O) groups is 5. The molecular formula is C19H13NO7. The number of ketones is 2. The van der Waals surface area contributed by atoms with E-state index in [1.165, 1.54) is 24.3 Å². The van der Waals surface area contributed by atoms with Crippen molar-refractivity contribution in [2.45, 2.75) is 0 Å². The second-order valence-corrected chi connectivity index (χ2v) is 5.92. The number of carboxylic acids is 2. The van der Waals surface area contributed by atoms with Crippen molar-refractivity contribution in [3.8, 4) is 11.1 Å². The van der Waals surface area contributed by atoms with Gasteiger partial charge in [-0.2, -0.15) is 0 Å². The number of fused-ring (bicyclic) bond motifs is 1. The molecule has 1 unspecified atom stereocenters. The number of hydrogen-bond donors (Lipinski definition) is 3. The van der Waals surface area contributed by atoms with Crippen LogP contribution in [0.5, 0.6) is 0 Å². The van der Waals surface area contributed by atoms with Crippen LogP contribution in [0.3, 0.4) is 0 Å². The van der Waals surface area contributed by atoms with E-state index in [9.17, 15) is 24.0 Å². The van der Waals surface area contributed by atoms with E-state index < -0.39 is 41.9 Å². The molecule has 1 aliphatic rings. The summed E-state index contributed by atoms with van der Waals surface area (Å²) >= 11 is 0. The van der Waals surface area contributed by atoms with Gasteiger partial charge in [0.15, 0.2) is 17.5 Å². The highest BCUT2D eigenvalue weighted by molar-refractivity contribution is 6.35. The van der Waals surface area contributed by atoms with E-state index in [2.05, 4.69) is 0 Å². The number of aromatic carboxylic acids is 1. The highest BCUT2D eigenvalue weighted by Gasteiger charge is 2.43. The summed E-state index contributed by atoms with van der Waals surface area (Å²) in [6, 6.07) is 10.5. The molecule has 0 aromatic heterocycles. The number of carboxylic acid groups (broad SMARTS) is 2. The van der Waals surface area contributed by atoms with Crippen molar-refractivity contribution in [3.63, 3.8) is 0 Å². The Balaban J connectivity index is 1.90. The van der Waals surface area contributed by atoms with Crippen LogP contribution in [0.15, 0.2) is 42.5 Å². The van der Waals surface area contributed by atoms with Gasteiger partial charge in [0.1, 0.15) is 6.54 Å². The average Bonchev–Trinajstić information content (AvgIpc) is 2.90. The van der Waals surface area contributed by atoms with E-state index in [0.717, 1.165) is 0 Å². The van der Waals surface area contributed by atoms with Gasteiger partial charge in [0.2, 0.25) is 5.91 Å². The van der Waals surface area contributed by atoms with Gasteiger partial charge in [0.05, 0.1) is 5.56 Å². The summed E-state index contributed by atoms with van der Waals surface area (Å²) in [5.74, 6) is -6.26. The zero-order chi connectivity index (χ0) is 19.7. The average molecular weight is 367 g/mol. The van der Waals surface area contributed by atoms with Gasteiger partial charge in [-0.05, 0) is 29.3 Å². The number of nitrogens with one attached hydrogen (secondary N) is 1. The second-order valence-electron chi connectivity index (χ2n) is 5.92. The Labute approximate surface area is 152 Å². The summed E-state index contributed by atoms with van der Waals surface area (Å²) in [5.41, 5.74) is 1.51. The Hall–Kier alpha value is -3.81. The van der Waals surface area contributed by atoms with Crippen LogP contribution in [-0.2, 0) is 9.59 Å². The molecule has 1 aliphatic carbocycles. The summed E-state index contributed by atoms with van der Waals surface area (Å²) in [5, 5.41) is 19.6. The van der Waals surface area contributed by atoms with Crippen molar-refractivity contribution in [1.29, 1.82) is 0 Å². The van der Waals surface area contributed by atoms with E-state index in [1.54, 1.807) is 18.2 Å². The lowest BCUT2D eigenvalue weighted by Gasteiger charge is -2.06. The molecule has 1 atom stereocenters. The predicted octanol–water partition coefficient (Wildman–Crippen LogP) is 1.25. The minimum atomic E-state index is -1.59. The van der Waals surface area contributed by atoms with Crippen LogP contribution in [0.2, 0.25) is 0 Å². The van der Waals surface area contributed by atoms with Crippen LogP contribution in [0.1, 0.15) is 31.1 Å². The van der Waals surface area contributed by atoms with Crippen molar-refractivity contribution < 1.29 is 34.2 Å². The Kier molecular flexibility index (Phi) is 4.55. The lowest BCUT2D eigenvalue weighted by atomic mass is 9.99. The first-order valence-corrected chi connectivity index (χ1v) is 7.85. The first-order valence-electron chi connectivity index (χ1n) is 7.85. The van der Waals surface area contributed by atoms with Crippen LogP contribution in [0, 0.1) is 5.92 Å². The van der Waals surface area contributed by atoms with Crippen molar-refractivity contribution >= 4 is 29.4 Å². The number of Topliss-reactive ketones (excluding diaryl/α,β-unsaturated/α-hetero) is 2. The Morgan fingerprint density at radius 3 is 2.04 bits per heavy atom. The molecule has 27 heavy (non-hydrogen) atoms. The lowest BCUT2D eigenvalue weighted by molar-refractivity contribution is -0.138. The number of rotatable bonds is 5. The summed E-state index contributed by atoms with van der Waals surface area (Å²) in [6.45, 7) is -0.687. The minimum Gasteiger partial charge on any atom is -0.480 e. The van der Waals surface area contributed by atoms with Gasteiger partial charge in [0, 0.05) is 11.1 Å². The van der Waals surface area contributed by atoms with Gasteiger partial charge in [-0.15, -0.1) is 0 Å². The predicted molar refractivity (Wildman–Crippen MR) is 91.6 cm³/mol. The maximum absolute atomic E-state index is 12.5. The summed E-state index contributed by atoms with van der Waals surface area (Å²) in [7, 11) is 0. The number of benzene rings is 2. The van der Waals surface area contributed by atoms with Gasteiger partial charge in [-0.3, -0.25) is 19.2 Å². The first-order chi connectivity index (χ1) is 12.8. The molecule has 0 radical (unpaired) electrons. The van der Waals surface area contributed by atoms with Crippen LogP contribution in [-0.4, -0.2) is 46.2 Å². The normalized spacial score (nSPS) is 15.3. The molecule has 2 aromatic rings. The molecule has 3 N–H and O–H groups in total. The van der Waals surface area contributed by atoms with E-state index in [-0.39, 0.29) is 16.7 Å². The fourth-order valence-electron chi connectivity index (χ4n) is 2.88. The molecule has 8 heteroatoms. The SMILES string of the molecule is O=C(O)CNC(=O)C1C(=O)c2ccc(-c3ccc(C(=O)O)cc3)cc2C1=O. The van der Waals surface area contributed by atoms with Crippen molar-refractivity contribution in [2.75, 3.05) is 6.54 Å². The van der Waals surface area contributed by atoms with E-state index in [1.807, 2.05) is 5.32 Å². The number of amides is 1. The summed E-state index contributed by atoms with van der Waals surface area (Å²) in [4.78, 5) is 58.4. The zero-order valence-corrected chi connectivity index (χ0v) is 13.8. The van der Waals surface area contributed by atoms with Gasteiger partial charge in [0.25, 0.3) is 0 Å². The lowest BCUT2D eigenvalue weighted by Crippen LogP contribution is -2.39. The maximum Gasteiger partial charge on any atom is 0.335 e. The van der Waals surface area contributed by atoms with Crippen molar-refractivity contribution in [2.24, 2.45) is 5.92 Å². The van der Waals surface area contributed by atoms with E-state index in [0.29, 0.717) is 11.1 Å². The summed E-state index contributed by atoms with van der Waals surface area (Å²) < 4.78 is 0. The molecule has 0 bridgehead atoms. The second kappa shape index (κ2) is 6.83. The van der Waals surface area contributed by atoms with Gasteiger partial charge < -0.3 is 15.5 Å². The van der Waals surface area contributed by atoms with Crippen LogP contribution >= 0.6 is 0 Å². The molecule has 2 aromatic carbocycles. The Morgan fingerprint density at radius 1 is 0.852 bits per heavy atom. The third-order valence-electron chi connectivity index (χ3n) is 4.22. The van der Waals surface area contributed by atoms with Crippen LogP contribution in [0.25, 0.3) is 11.1 Å². The third-order valence-corrected chi connectivity index (χ3v) is 4.22. The molecular weight excluding hydrogens is 354 g/mol. The molecule has 0 heterocycles. The number of carbonyl (C=O) groups excluding carboxylic acids is 3. The fourth-order valence-corrected chi connectivity index (χ4v) is 2.88. The van der Waals surface area contributed by atoms with Crippen molar-refractivity contribution in [3.05, 3.63) is 59.2 Å². The molecule has 0 spiro atoms. The molecule has 3 rings (SSSR count). The van der Waals surface area contributed by atoms with E-state index >= 15 is 0 Å². The molecule has 8 nitrogen and oxygen atoms in total. The molecule has 136 valence electrons. The quantitative estimate of drug-likeness (QED) is 0.676. The van der Waals surface area contributed by atoms with E-state index in [4.69, 9.17) is 10.2 Å². The monoisotopic (exact) mass is 367 g/mol. The van der Waals surface area contributed by atoms with Crippen molar-refractivity contribution in [1.82, 2.24) is 5.32 Å². The standard InChI is InChI=1S/C19H13NO7/c21-14(22)8-20-18(25)15-16(23)12-6-5-11(7-13(12)17(15)24)9-1-3-10(4-2-9)19(26)27/h1-7,15H,8H2,(H,20,25)(H,21,22)(H,26,27). The third kappa shape index (κ3) is 3.32. The molecule has 0 saturated carbocycles. The van der Waals surface area contributed by atoms with Crippen LogP contribution in [0.4, 0.5) is 0 Å². The number of hydrogen-bond acceptors (Lipinski definition) is 5. The highest BCUT2D eigenvalue weighted by Crippen LogP contribution is 2.31. The molecule has 0 saturated heterocycles. The molecule has 1 amide bonds. The van der Waals surface area contributed by atoms with Gasteiger partial charge in [-0.1, -0.05) is 24.3 Å². The maximum atomic E-state index is 12.5. The van der Waals surface area contributed by atoms with Crippen LogP contribution < -0.4 is 5.32 Å². The highest BCUT2D eigenvalue weighted by atomic mass is 16.4. The molecule has 0 fully saturated rings. The van der Waals surface area contributed by atoms with Gasteiger partial charge >= 0.3 is 11.9 Å². The first kappa shape index (κ1) is 18.0. The fraction of sp³-hybridized carbons (Fsp3) is 0.105. The van der Waals surface area contributed by atoms with Gasteiger partial charge in [-0.25, -0.2) is 4.79 Å².